The van der Waals surface area contributed by atoms with E-state index in [1.165, 1.54) is 18.2 Å². The molecular formula is C23H30FN4O6P. The lowest BCUT2D eigenvalue weighted by atomic mass is 10.0. The number of carbonyl (C=O) groups is 2. The van der Waals surface area contributed by atoms with Crippen LogP contribution < -0.4 is 10.2 Å². The average molecular weight is 508 g/mol. The molecule has 1 aliphatic heterocycles. The fourth-order valence-electron chi connectivity index (χ4n) is 4.09. The number of halogens is 1. The van der Waals surface area contributed by atoms with E-state index < -0.39 is 26.3 Å². The van der Waals surface area contributed by atoms with Crippen molar-refractivity contribution in [1.29, 1.82) is 0 Å². The summed E-state index contributed by atoms with van der Waals surface area (Å²) >= 11 is 0. The van der Waals surface area contributed by atoms with Crippen LogP contribution in [0.4, 0.5) is 10.1 Å². The fraction of sp³-hybridized carbons (Fsp3) is 0.391. The van der Waals surface area contributed by atoms with Crippen LogP contribution in [0.1, 0.15) is 46.7 Å². The number of fused-ring (bicyclic) bond motifs is 1. The van der Waals surface area contributed by atoms with Gasteiger partial charge in [0.15, 0.2) is 0 Å². The number of benzene rings is 1. The Morgan fingerprint density at radius 2 is 1.97 bits per heavy atom. The quantitative estimate of drug-likeness (QED) is 0.286. The number of aromatic nitrogens is 1. The molecule has 1 aromatic carbocycles. The van der Waals surface area contributed by atoms with Crippen molar-refractivity contribution < 1.29 is 32.9 Å². The molecular weight excluding hydrogens is 478 g/mol. The number of phosphoric ester groups is 1. The third kappa shape index (κ3) is 6.06. The van der Waals surface area contributed by atoms with Gasteiger partial charge in [0.1, 0.15) is 12.5 Å². The molecule has 1 aromatic heterocycles. The zero-order chi connectivity index (χ0) is 25.9. The summed E-state index contributed by atoms with van der Waals surface area (Å²) in [4.78, 5) is 50.3. The zero-order valence-electron chi connectivity index (χ0n) is 20.1. The van der Waals surface area contributed by atoms with Gasteiger partial charge in [-0.15, -0.1) is 0 Å². The Morgan fingerprint density at radius 1 is 1.29 bits per heavy atom. The van der Waals surface area contributed by atoms with Gasteiger partial charge in [0.05, 0.1) is 16.8 Å². The van der Waals surface area contributed by atoms with Crippen molar-refractivity contribution >= 4 is 37.0 Å². The molecule has 0 aliphatic carbocycles. The standard InChI is InChI=1S/C23H30FN4O6P/c1-5-27(6-2)10-9-25-22(29)21-14(3)19(26-15(21)4)12-18-17-11-16(24)7-8-20(17)28(23(18)30)13-34-35(31,32)33/h7-8,11-12,26H,5-6,9-10,13H2,1-4H3,(H,25,29)(H2,31,32,33)/b18-12-. The Morgan fingerprint density at radius 3 is 2.60 bits per heavy atom. The molecule has 35 heavy (non-hydrogen) atoms. The Kier molecular flexibility index (Phi) is 8.30. The summed E-state index contributed by atoms with van der Waals surface area (Å²) in [7, 11) is -4.84. The smallest absolute Gasteiger partial charge is 0.358 e. The minimum atomic E-state index is -4.84. The molecule has 1 aliphatic rings. The molecule has 2 amide bonds. The number of hydrogen-bond acceptors (Lipinski definition) is 5. The molecule has 4 N–H and O–H groups in total. The van der Waals surface area contributed by atoms with E-state index in [1.54, 1.807) is 13.8 Å². The van der Waals surface area contributed by atoms with E-state index in [0.29, 0.717) is 29.1 Å². The third-order valence-electron chi connectivity index (χ3n) is 5.97. The fourth-order valence-corrected chi connectivity index (χ4v) is 4.36. The minimum absolute atomic E-state index is 0.103. The summed E-state index contributed by atoms with van der Waals surface area (Å²) in [5.74, 6) is -1.43. The van der Waals surface area contributed by atoms with Gasteiger partial charge in [-0.1, -0.05) is 13.8 Å². The van der Waals surface area contributed by atoms with E-state index >= 15 is 0 Å². The van der Waals surface area contributed by atoms with Gasteiger partial charge in [0.2, 0.25) is 0 Å². The molecule has 2 heterocycles. The maximum absolute atomic E-state index is 14.0. The average Bonchev–Trinajstić information content (AvgIpc) is 3.21. The lowest BCUT2D eigenvalue weighted by Gasteiger charge is -2.18. The number of hydrogen-bond donors (Lipinski definition) is 4. The number of H-pyrrole nitrogens is 1. The second-order valence-electron chi connectivity index (χ2n) is 8.15. The summed E-state index contributed by atoms with van der Waals surface area (Å²) in [6.45, 7) is 9.88. The van der Waals surface area contributed by atoms with Gasteiger partial charge in [0.25, 0.3) is 11.8 Å². The summed E-state index contributed by atoms with van der Waals surface area (Å²) in [6, 6.07) is 3.65. The van der Waals surface area contributed by atoms with Crippen molar-refractivity contribution in [2.75, 3.05) is 37.8 Å². The number of amides is 2. The van der Waals surface area contributed by atoms with E-state index in [4.69, 9.17) is 9.79 Å². The number of aromatic amines is 1. The monoisotopic (exact) mass is 508 g/mol. The van der Waals surface area contributed by atoms with Gasteiger partial charge < -0.3 is 25.0 Å². The molecule has 0 atom stereocenters. The van der Waals surface area contributed by atoms with Crippen molar-refractivity contribution in [3.63, 3.8) is 0 Å². The van der Waals surface area contributed by atoms with E-state index in [2.05, 4.69) is 33.6 Å². The van der Waals surface area contributed by atoms with Crippen molar-refractivity contribution in [2.24, 2.45) is 0 Å². The SMILES string of the molecule is CCN(CC)CCNC(=O)c1c(C)[nH]c(/C=C2\C(=O)N(COP(=O)(O)O)c3ccc(F)cc32)c1C. The third-order valence-corrected chi connectivity index (χ3v) is 6.42. The van der Waals surface area contributed by atoms with Crippen molar-refractivity contribution in [3.05, 3.63) is 52.1 Å². The highest BCUT2D eigenvalue weighted by atomic mass is 31.2. The number of phosphoric acid groups is 1. The first-order valence-corrected chi connectivity index (χ1v) is 12.7. The maximum atomic E-state index is 14.0. The van der Waals surface area contributed by atoms with Crippen LogP contribution in [0.3, 0.4) is 0 Å². The predicted octanol–water partition coefficient (Wildman–Crippen LogP) is 2.80. The Bertz CT molecular complexity index is 1200. The van der Waals surface area contributed by atoms with Crippen molar-refractivity contribution in [1.82, 2.24) is 15.2 Å². The molecule has 0 unspecified atom stereocenters. The lowest BCUT2D eigenvalue weighted by Crippen LogP contribution is -2.35. The van der Waals surface area contributed by atoms with Crippen LogP contribution in [0.15, 0.2) is 18.2 Å². The normalized spacial score (nSPS) is 14.8. The van der Waals surface area contributed by atoms with Gasteiger partial charge >= 0.3 is 7.82 Å². The van der Waals surface area contributed by atoms with Crippen molar-refractivity contribution in [2.45, 2.75) is 27.7 Å². The molecule has 0 radical (unpaired) electrons. The summed E-state index contributed by atoms with van der Waals surface area (Å²) in [5.41, 5.74) is 2.79. The molecule has 10 nitrogen and oxygen atoms in total. The first kappa shape index (κ1) is 26.8. The van der Waals surface area contributed by atoms with E-state index in [-0.39, 0.29) is 22.7 Å². The highest BCUT2D eigenvalue weighted by molar-refractivity contribution is 7.46. The molecule has 0 bridgehead atoms. The second-order valence-corrected chi connectivity index (χ2v) is 9.39. The van der Waals surface area contributed by atoms with Gasteiger partial charge in [-0.05, 0) is 56.8 Å². The summed E-state index contributed by atoms with van der Waals surface area (Å²) in [6.07, 6.45) is 1.51. The van der Waals surface area contributed by atoms with E-state index in [1.807, 2.05) is 0 Å². The summed E-state index contributed by atoms with van der Waals surface area (Å²) in [5, 5.41) is 2.92. The first-order valence-electron chi connectivity index (χ1n) is 11.2. The van der Waals surface area contributed by atoms with Crippen molar-refractivity contribution in [3.8, 4) is 0 Å². The highest BCUT2D eigenvalue weighted by Crippen LogP contribution is 2.42. The number of nitrogens with zero attached hydrogens (tertiary/aromatic N) is 2. The van der Waals surface area contributed by atoms with Crippen LogP contribution >= 0.6 is 7.82 Å². The van der Waals surface area contributed by atoms with Crippen LogP contribution in [-0.4, -0.2) is 64.4 Å². The van der Waals surface area contributed by atoms with Crippen LogP contribution in [-0.2, 0) is 13.9 Å². The minimum Gasteiger partial charge on any atom is -0.358 e. The van der Waals surface area contributed by atoms with Crippen LogP contribution in [0, 0.1) is 19.7 Å². The number of likely N-dealkylation sites (N-methyl/N-ethyl adjacent to an activating group) is 1. The van der Waals surface area contributed by atoms with E-state index in [0.717, 1.165) is 30.6 Å². The first-order chi connectivity index (χ1) is 16.5. The molecule has 12 heteroatoms. The topological polar surface area (TPSA) is 135 Å². The van der Waals surface area contributed by atoms with Gasteiger partial charge in [0, 0.05) is 30.0 Å². The molecule has 0 fully saturated rings. The second kappa shape index (κ2) is 10.8. The Balaban J connectivity index is 1.90. The number of anilines is 1. The molecule has 0 spiro atoms. The molecule has 0 saturated carbocycles. The predicted molar refractivity (Wildman–Crippen MR) is 130 cm³/mol. The van der Waals surface area contributed by atoms with Crippen LogP contribution in [0.2, 0.25) is 0 Å². The number of carbonyl (C=O) groups excluding carboxylic acids is 2. The lowest BCUT2D eigenvalue weighted by molar-refractivity contribution is -0.113. The zero-order valence-corrected chi connectivity index (χ0v) is 21.0. The largest absolute Gasteiger partial charge is 0.471 e. The summed E-state index contributed by atoms with van der Waals surface area (Å²) < 4.78 is 29.7. The molecule has 0 saturated heterocycles. The van der Waals surface area contributed by atoms with Gasteiger partial charge in [-0.2, -0.15) is 0 Å². The molecule has 2 aromatic rings. The number of aryl methyl sites for hydroxylation is 1. The highest BCUT2D eigenvalue weighted by Gasteiger charge is 2.34. The van der Waals surface area contributed by atoms with E-state index in [9.17, 15) is 18.5 Å². The Hall–Kier alpha value is -2.82. The van der Waals surface area contributed by atoms with Gasteiger partial charge in [-0.25, -0.2) is 8.96 Å². The maximum Gasteiger partial charge on any atom is 0.471 e. The number of nitrogens with one attached hydrogen (secondary N) is 2. The van der Waals surface area contributed by atoms with Crippen LogP contribution in [0.25, 0.3) is 11.6 Å². The van der Waals surface area contributed by atoms with Crippen LogP contribution in [0.5, 0.6) is 0 Å². The number of rotatable bonds is 10. The Labute approximate surface area is 203 Å². The molecule has 3 rings (SSSR count). The van der Waals surface area contributed by atoms with Gasteiger partial charge in [-0.3, -0.25) is 19.0 Å². The molecule has 190 valence electrons.